The van der Waals surface area contributed by atoms with Gasteiger partial charge < -0.3 is 10.1 Å². The zero-order valence-electron chi connectivity index (χ0n) is 11.9. The Morgan fingerprint density at radius 2 is 2.16 bits per heavy atom. The van der Waals surface area contributed by atoms with Crippen LogP contribution in [0.15, 0.2) is 24.3 Å². The van der Waals surface area contributed by atoms with Gasteiger partial charge in [0.1, 0.15) is 0 Å². The second kappa shape index (κ2) is 8.99. The third-order valence-corrected chi connectivity index (χ3v) is 3.90. The normalized spacial score (nSPS) is 12.2. The number of nitrogens with one attached hydrogen (secondary N) is 1. The molecule has 1 rings (SSSR count). The van der Waals surface area contributed by atoms with Crippen molar-refractivity contribution in [2.45, 2.75) is 32.9 Å². The summed E-state index contributed by atoms with van der Waals surface area (Å²) in [5.41, 5.74) is 1.64. The van der Waals surface area contributed by atoms with Crippen molar-refractivity contribution in [3.05, 3.63) is 35.4 Å². The standard InChI is InChI=1S/C15H23NO2S/c1-4-19-10-9-12(2)16-11-13-7-5-6-8-14(13)15(17)18-3/h5-8,12,16H,4,9-11H2,1-3H3. The average molecular weight is 281 g/mol. The summed E-state index contributed by atoms with van der Waals surface area (Å²) in [6, 6.07) is 8.02. The van der Waals surface area contributed by atoms with Crippen LogP contribution in [-0.4, -0.2) is 30.6 Å². The van der Waals surface area contributed by atoms with Crippen LogP contribution in [0.25, 0.3) is 0 Å². The van der Waals surface area contributed by atoms with Crippen molar-refractivity contribution in [2.75, 3.05) is 18.6 Å². The molecule has 0 spiro atoms. The second-order valence-electron chi connectivity index (χ2n) is 4.42. The van der Waals surface area contributed by atoms with E-state index in [2.05, 4.69) is 19.2 Å². The van der Waals surface area contributed by atoms with Crippen molar-refractivity contribution in [1.29, 1.82) is 0 Å². The van der Waals surface area contributed by atoms with Gasteiger partial charge in [0.25, 0.3) is 0 Å². The van der Waals surface area contributed by atoms with Gasteiger partial charge in [-0.05, 0) is 36.5 Å². The lowest BCUT2D eigenvalue weighted by atomic mass is 10.1. The molecule has 1 N–H and O–H groups in total. The highest BCUT2D eigenvalue weighted by Gasteiger charge is 2.11. The monoisotopic (exact) mass is 281 g/mol. The van der Waals surface area contributed by atoms with Crippen LogP contribution in [0.1, 0.15) is 36.2 Å². The Labute approximate surface area is 120 Å². The van der Waals surface area contributed by atoms with E-state index in [4.69, 9.17) is 4.74 Å². The maximum absolute atomic E-state index is 11.6. The minimum absolute atomic E-state index is 0.272. The van der Waals surface area contributed by atoms with Crippen LogP contribution in [0.5, 0.6) is 0 Å². The van der Waals surface area contributed by atoms with E-state index in [0.29, 0.717) is 18.2 Å². The molecule has 1 aromatic rings. The molecule has 0 saturated carbocycles. The molecule has 3 nitrogen and oxygen atoms in total. The molecule has 0 amide bonds. The van der Waals surface area contributed by atoms with Gasteiger partial charge in [-0.1, -0.05) is 25.1 Å². The number of benzene rings is 1. The first kappa shape index (κ1) is 16.1. The number of carbonyl (C=O) groups excluding carboxylic acids is 1. The van der Waals surface area contributed by atoms with Crippen molar-refractivity contribution in [3.8, 4) is 0 Å². The second-order valence-corrected chi connectivity index (χ2v) is 5.81. The highest BCUT2D eigenvalue weighted by molar-refractivity contribution is 7.99. The Morgan fingerprint density at radius 1 is 1.42 bits per heavy atom. The van der Waals surface area contributed by atoms with Crippen LogP contribution in [0, 0.1) is 0 Å². The molecule has 0 aromatic heterocycles. The molecular formula is C15H23NO2S. The van der Waals surface area contributed by atoms with Gasteiger partial charge in [-0.15, -0.1) is 0 Å². The molecule has 1 atom stereocenters. The lowest BCUT2D eigenvalue weighted by molar-refractivity contribution is 0.0599. The van der Waals surface area contributed by atoms with E-state index in [1.807, 2.05) is 30.0 Å². The first-order valence-corrected chi connectivity index (χ1v) is 7.81. The largest absolute Gasteiger partial charge is 0.465 e. The number of methoxy groups -OCH3 is 1. The molecule has 19 heavy (non-hydrogen) atoms. The van der Waals surface area contributed by atoms with Crippen LogP contribution in [0.3, 0.4) is 0 Å². The summed E-state index contributed by atoms with van der Waals surface area (Å²) in [5, 5.41) is 3.46. The van der Waals surface area contributed by atoms with E-state index in [0.717, 1.165) is 17.7 Å². The van der Waals surface area contributed by atoms with Crippen LogP contribution < -0.4 is 5.32 Å². The summed E-state index contributed by atoms with van der Waals surface area (Å²) in [5.74, 6) is 2.06. The number of thioether (sulfide) groups is 1. The Bertz CT molecular complexity index is 395. The number of rotatable bonds is 8. The van der Waals surface area contributed by atoms with Crippen molar-refractivity contribution < 1.29 is 9.53 Å². The minimum atomic E-state index is -0.272. The number of ether oxygens (including phenoxy) is 1. The molecule has 1 aromatic carbocycles. The first-order valence-electron chi connectivity index (χ1n) is 6.66. The molecule has 106 valence electrons. The van der Waals surface area contributed by atoms with Gasteiger partial charge in [0.15, 0.2) is 0 Å². The van der Waals surface area contributed by atoms with Gasteiger partial charge in [0.05, 0.1) is 12.7 Å². The maximum atomic E-state index is 11.6. The zero-order valence-corrected chi connectivity index (χ0v) is 12.8. The van der Waals surface area contributed by atoms with Crippen LogP contribution >= 0.6 is 11.8 Å². The van der Waals surface area contributed by atoms with Gasteiger partial charge in [-0.3, -0.25) is 0 Å². The van der Waals surface area contributed by atoms with E-state index in [9.17, 15) is 4.79 Å². The highest BCUT2D eigenvalue weighted by atomic mass is 32.2. The fraction of sp³-hybridized carbons (Fsp3) is 0.533. The van der Waals surface area contributed by atoms with Gasteiger partial charge in [0, 0.05) is 12.6 Å². The van der Waals surface area contributed by atoms with E-state index in [1.54, 1.807) is 6.07 Å². The average Bonchev–Trinajstić information content (AvgIpc) is 2.45. The lowest BCUT2D eigenvalue weighted by Crippen LogP contribution is -2.27. The number of hydrogen-bond donors (Lipinski definition) is 1. The smallest absolute Gasteiger partial charge is 0.338 e. The molecule has 0 aliphatic carbocycles. The van der Waals surface area contributed by atoms with E-state index >= 15 is 0 Å². The molecule has 1 unspecified atom stereocenters. The maximum Gasteiger partial charge on any atom is 0.338 e. The quantitative estimate of drug-likeness (QED) is 0.587. The van der Waals surface area contributed by atoms with Gasteiger partial charge in [-0.25, -0.2) is 4.79 Å². The fourth-order valence-corrected chi connectivity index (χ4v) is 2.58. The Morgan fingerprint density at radius 3 is 2.84 bits per heavy atom. The molecule has 0 radical (unpaired) electrons. The third kappa shape index (κ3) is 5.66. The summed E-state index contributed by atoms with van der Waals surface area (Å²) in [7, 11) is 1.41. The Balaban J connectivity index is 2.50. The van der Waals surface area contributed by atoms with Crippen LogP contribution in [0.4, 0.5) is 0 Å². The van der Waals surface area contributed by atoms with E-state index in [1.165, 1.54) is 12.9 Å². The van der Waals surface area contributed by atoms with Crippen LogP contribution in [0.2, 0.25) is 0 Å². The summed E-state index contributed by atoms with van der Waals surface area (Å²) < 4.78 is 4.79. The summed E-state index contributed by atoms with van der Waals surface area (Å²) in [6.07, 6.45) is 1.14. The Hall–Kier alpha value is -1.00. The highest BCUT2D eigenvalue weighted by Crippen LogP contribution is 2.11. The summed E-state index contributed by atoms with van der Waals surface area (Å²) in [6.45, 7) is 5.05. The fourth-order valence-electron chi connectivity index (χ4n) is 1.77. The van der Waals surface area contributed by atoms with E-state index in [-0.39, 0.29) is 5.97 Å². The van der Waals surface area contributed by atoms with Crippen molar-refractivity contribution in [2.24, 2.45) is 0 Å². The molecule has 0 fully saturated rings. The van der Waals surface area contributed by atoms with E-state index < -0.39 is 0 Å². The molecule has 4 heteroatoms. The number of carbonyl (C=O) groups is 1. The summed E-state index contributed by atoms with van der Waals surface area (Å²) >= 11 is 1.96. The molecule has 0 bridgehead atoms. The molecule has 0 aliphatic rings. The predicted molar refractivity (Wildman–Crippen MR) is 81.7 cm³/mol. The van der Waals surface area contributed by atoms with Crippen molar-refractivity contribution >= 4 is 17.7 Å². The van der Waals surface area contributed by atoms with Gasteiger partial charge >= 0.3 is 5.97 Å². The number of esters is 1. The van der Waals surface area contributed by atoms with Crippen molar-refractivity contribution in [1.82, 2.24) is 5.32 Å². The Kier molecular flexibility index (Phi) is 7.60. The van der Waals surface area contributed by atoms with Crippen molar-refractivity contribution in [3.63, 3.8) is 0 Å². The van der Waals surface area contributed by atoms with Gasteiger partial charge in [-0.2, -0.15) is 11.8 Å². The lowest BCUT2D eigenvalue weighted by Gasteiger charge is -2.15. The zero-order chi connectivity index (χ0) is 14.1. The topological polar surface area (TPSA) is 38.3 Å². The molecular weight excluding hydrogens is 258 g/mol. The minimum Gasteiger partial charge on any atom is -0.465 e. The van der Waals surface area contributed by atoms with Crippen LogP contribution in [-0.2, 0) is 11.3 Å². The third-order valence-electron chi connectivity index (χ3n) is 2.96. The predicted octanol–water partition coefficient (Wildman–Crippen LogP) is 3.09. The first-order chi connectivity index (χ1) is 9.19. The molecule has 0 saturated heterocycles. The number of hydrogen-bond acceptors (Lipinski definition) is 4. The van der Waals surface area contributed by atoms with Gasteiger partial charge in [0.2, 0.25) is 0 Å². The summed E-state index contributed by atoms with van der Waals surface area (Å²) in [4.78, 5) is 11.6. The molecule has 0 heterocycles. The molecule has 0 aliphatic heterocycles. The SMILES string of the molecule is CCSCCC(C)NCc1ccccc1C(=O)OC.